The molecule has 1 N–H and O–H groups in total. The standard InChI is InChI=1S/C28H29Cl3N2O2/c1-19(2)32-28(35)26(17-20-9-4-3-5-10-20)33(18-22-24(30)13-8-14-25(22)31)27(34)16-15-21-11-6-7-12-23(21)29/h3-14,19,26H,15-18H2,1-2H3,(H,32,35)/t26-/m0/s1. The normalized spacial score (nSPS) is 11.8. The van der Waals surface area contributed by atoms with E-state index in [0.29, 0.717) is 33.5 Å². The van der Waals surface area contributed by atoms with Gasteiger partial charge in [-0.3, -0.25) is 9.59 Å². The molecule has 0 aliphatic carbocycles. The van der Waals surface area contributed by atoms with Gasteiger partial charge >= 0.3 is 0 Å². The van der Waals surface area contributed by atoms with E-state index >= 15 is 0 Å². The lowest BCUT2D eigenvalue weighted by atomic mass is 10.0. The van der Waals surface area contributed by atoms with Gasteiger partial charge in [-0.2, -0.15) is 0 Å². The molecule has 0 radical (unpaired) electrons. The van der Waals surface area contributed by atoms with Gasteiger partial charge in [0.25, 0.3) is 0 Å². The van der Waals surface area contributed by atoms with Crippen LogP contribution in [0, 0.1) is 0 Å². The molecule has 0 aromatic heterocycles. The molecule has 0 fully saturated rings. The van der Waals surface area contributed by atoms with E-state index in [1.807, 2.05) is 62.4 Å². The molecule has 3 rings (SSSR count). The van der Waals surface area contributed by atoms with E-state index in [4.69, 9.17) is 34.8 Å². The van der Waals surface area contributed by atoms with E-state index in [0.717, 1.165) is 11.1 Å². The topological polar surface area (TPSA) is 49.4 Å². The van der Waals surface area contributed by atoms with Gasteiger partial charge in [-0.15, -0.1) is 0 Å². The molecule has 7 heteroatoms. The molecule has 1 atom stereocenters. The summed E-state index contributed by atoms with van der Waals surface area (Å²) in [5.74, 6) is -0.404. The molecular weight excluding hydrogens is 503 g/mol. The Balaban J connectivity index is 1.97. The third kappa shape index (κ3) is 7.73. The van der Waals surface area contributed by atoms with Crippen LogP contribution in [0.2, 0.25) is 15.1 Å². The number of amides is 2. The molecule has 2 amide bonds. The average Bonchev–Trinajstić information content (AvgIpc) is 2.82. The molecule has 3 aromatic rings. The van der Waals surface area contributed by atoms with Crippen LogP contribution in [0.4, 0.5) is 0 Å². The number of hydrogen-bond donors (Lipinski definition) is 1. The third-order valence-corrected chi connectivity index (χ3v) is 6.74. The second-order valence-electron chi connectivity index (χ2n) is 8.68. The van der Waals surface area contributed by atoms with Gasteiger partial charge in [0, 0.05) is 46.1 Å². The Morgan fingerprint density at radius 3 is 2.06 bits per heavy atom. The SMILES string of the molecule is CC(C)NC(=O)[C@H](Cc1ccccc1)N(Cc1c(Cl)cccc1Cl)C(=O)CCc1ccccc1Cl. The summed E-state index contributed by atoms with van der Waals surface area (Å²) in [7, 11) is 0. The van der Waals surface area contributed by atoms with Crippen molar-refractivity contribution in [3.63, 3.8) is 0 Å². The molecule has 35 heavy (non-hydrogen) atoms. The van der Waals surface area contributed by atoms with Crippen LogP contribution in [0.25, 0.3) is 0 Å². The van der Waals surface area contributed by atoms with Crippen LogP contribution in [0.1, 0.15) is 37.0 Å². The maximum absolute atomic E-state index is 13.7. The van der Waals surface area contributed by atoms with Crippen molar-refractivity contribution in [2.75, 3.05) is 0 Å². The van der Waals surface area contributed by atoms with Crippen molar-refractivity contribution in [1.29, 1.82) is 0 Å². The van der Waals surface area contributed by atoms with Gasteiger partial charge in [-0.1, -0.05) is 89.4 Å². The maximum Gasteiger partial charge on any atom is 0.243 e. The van der Waals surface area contributed by atoms with Crippen LogP contribution in [0.5, 0.6) is 0 Å². The Labute approximate surface area is 222 Å². The van der Waals surface area contributed by atoms with Crippen LogP contribution in [0.3, 0.4) is 0 Å². The van der Waals surface area contributed by atoms with Crippen molar-refractivity contribution >= 4 is 46.6 Å². The number of carbonyl (C=O) groups excluding carboxylic acids is 2. The van der Waals surface area contributed by atoms with Gasteiger partial charge in [0.15, 0.2) is 0 Å². The lowest BCUT2D eigenvalue weighted by Crippen LogP contribution is -2.52. The number of halogens is 3. The van der Waals surface area contributed by atoms with Crippen LogP contribution in [-0.2, 0) is 29.0 Å². The predicted molar refractivity (Wildman–Crippen MR) is 144 cm³/mol. The number of benzene rings is 3. The molecule has 184 valence electrons. The summed E-state index contributed by atoms with van der Waals surface area (Å²) in [5, 5.41) is 4.48. The highest BCUT2D eigenvalue weighted by atomic mass is 35.5. The molecular formula is C28H29Cl3N2O2. The smallest absolute Gasteiger partial charge is 0.243 e. The van der Waals surface area contributed by atoms with Crippen molar-refractivity contribution in [3.05, 3.63) is 105 Å². The number of rotatable bonds is 10. The molecule has 0 aliphatic heterocycles. The van der Waals surface area contributed by atoms with E-state index in [-0.39, 0.29) is 30.8 Å². The minimum absolute atomic E-state index is 0.0789. The van der Waals surface area contributed by atoms with Crippen LogP contribution >= 0.6 is 34.8 Å². The zero-order chi connectivity index (χ0) is 25.4. The summed E-state index contributed by atoms with van der Waals surface area (Å²) in [4.78, 5) is 28.7. The monoisotopic (exact) mass is 530 g/mol. The predicted octanol–water partition coefficient (Wildman–Crippen LogP) is 6.74. The molecule has 0 saturated heterocycles. The molecule has 0 bridgehead atoms. The first-order valence-corrected chi connectivity index (χ1v) is 12.7. The Morgan fingerprint density at radius 2 is 1.43 bits per heavy atom. The first-order valence-electron chi connectivity index (χ1n) is 11.6. The van der Waals surface area contributed by atoms with Crippen molar-refractivity contribution in [3.8, 4) is 0 Å². The van der Waals surface area contributed by atoms with Gasteiger partial charge < -0.3 is 10.2 Å². The molecule has 3 aromatic carbocycles. The summed E-state index contributed by atoms with van der Waals surface area (Å²) >= 11 is 19.2. The summed E-state index contributed by atoms with van der Waals surface area (Å²) in [6.45, 7) is 3.90. The lowest BCUT2D eigenvalue weighted by Gasteiger charge is -2.32. The number of nitrogens with zero attached hydrogens (tertiary/aromatic N) is 1. The summed E-state index contributed by atoms with van der Waals surface area (Å²) in [5.41, 5.74) is 2.44. The summed E-state index contributed by atoms with van der Waals surface area (Å²) in [6, 6.07) is 21.5. The van der Waals surface area contributed by atoms with Crippen LogP contribution < -0.4 is 5.32 Å². The van der Waals surface area contributed by atoms with Crippen LogP contribution in [0.15, 0.2) is 72.8 Å². The molecule has 0 heterocycles. The maximum atomic E-state index is 13.7. The van der Waals surface area contributed by atoms with Gasteiger partial charge in [0.05, 0.1) is 0 Å². The molecule has 0 unspecified atom stereocenters. The van der Waals surface area contributed by atoms with E-state index in [9.17, 15) is 9.59 Å². The fourth-order valence-electron chi connectivity index (χ4n) is 3.87. The largest absolute Gasteiger partial charge is 0.352 e. The average molecular weight is 532 g/mol. The molecule has 0 aliphatic rings. The Morgan fingerprint density at radius 1 is 0.829 bits per heavy atom. The van der Waals surface area contributed by atoms with E-state index in [1.54, 1.807) is 29.2 Å². The van der Waals surface area contributed by atoms with Crippen molar-refractivity contribution in [1.82, 2.24) is 10.2 Å². The third-order valence-electron chi connectivity index (χ3n) is 5.66. The van der Waals surface area contributed by atoms with Crippen molar-refractivity contribution in [2.45, 2.75) is 51.7 Å². The van der Waals surface area contributed by atoms with Crippen LogP contribution in [-0.4, -0.2) is 28.8 Å². The lowest BCUT2D eigenvalue weighted by molar-refractivity contribution is -0.141. The quantitative estimate of drug-likeness (QED) is 0.315. The molecule has 0 saturated carbocycles. The molecule has 4 nitrogen and oxygen atoms in total. The zero-order valence-corrected chi connectivity index (χ0v) is 22.1. The Hall–Kier alpha value is -2.53. The second kappa shape index (κ2) is 13.0. The van der Waals surface area contributed by atoms with Crippen molar-refractivity contribution < 1.29 is 9.59 Å². The van der Waals surface area contributed by atoms with Crippen molar-refractivity contribution in [2.24, 2.45) is 0 Å². The highest BCUT2D eigenvalue weighted by molar-refractivity contribution is 6.36. The first-order chi connectivity index (χ1) is 16.8. The Kier molecular flexibility index (Phi) is 10.0. The van der Waals surface area contributed by atoms with Gasteiger partial charge in [0.2, 0.25) is 11.8 Å². The second-order valence-corrected chi connectivity index (χ2v) is 9.90. The minimum Gasteiger partial charge on any atom is -0.352 e. The number of carbonyl (C=O) groups is 2. The van der Waals surface area contributed by atoms with Gasteiger partial charge in [-0.25, -0.2) is 0 Å². The number of hydrogen-bond acceptors (Lipinski definition) is 2. The molecule has 0 spiro atoms. The summed E-state index contributed by atoms with van der Waals surface area (Å²) in [6.07, 6.45) is 1.00. The number of nitrogens with one attached hydrogen (secondary N) is 1. The Bertz CT molecular complexity index is 1130. The fraction of sp³-hybridized carbons (Fsp3) is 0.286. The minimum atomic E-state index is -0.745. The van der Waals surface area contributed by atoms with Gasteiger partial charge in [0.1, 0.15) is 6.04 Å². The van der Waals surface area contributed by atoms with E-state index in [2.05, 4.69) is 5.32 Å². The highest BCUT2D eigenvalue weighted by Crippen LogP contribution is 2.28. The number of aryl methyl sites for hydroxylation is 1. The van der Waals surface area contributed by atoms with E-state index < -0.39 is 6.04 Å². The fourth-order valence-corrected chi connectivity index (χ4v) is 4.62. The highest BCUT2D eigenvalue weighted by Gasteiger charge is 2.31. The van der Waals surface area contributed by atoms with Gasteiger partial charge in [-0.05, 0) is 49.6 Å². The summed E-state index contributed by atoms with van der Waals surface area (Å²) < 4.78 is 0. The first kappa shape index (κ1) is 27.1. The van der Waals surface area contributed by atoms with E-state index in [1.165, 1.54) is 0 Å². The zero-order valence-electron chi connectivity index (χ0n) is 19.8.